The van der Waals surface area contributed by atoms with Crippen molar-refractivity contribution in [2.45, 2.75) is 13.3 Å². The van der Waals surface area contributed by atoms with Crippen LogP contribution in [0.4, 0.5) is 10.2 Å². The van der Waals surface area contributed by atoms with Crippen LogP contribution < -0.4 is 5.73 Å². The standard InChI is InChI=1S/C14H18FN3O/c1-3-19-8-7-12-13(14(16)18(2)17-12)10-5-4-6-11(15)9-10/h4-6,9H,3,7-8,16H2,1-2H3. The Morgan fingerprint density at radius 1 is 1.42 bits per heavy atom. The van der Waals surface area contributed by atoms with E-state index < -0.39 is 0 Å². The highest BCUT2D eigenvalue weighted by Gasteiger charge is 2.15. The average Bonchev–Trinajstić information content (AvgIpc) is 2.65. The molecule has 19 heavy (non-hydrogen) atoms. The van der Waals surface area contributed by atoms with E-state index in [0.29, 0.717) is 25.5 Å². The fourth-order valence-electron chi connectivity index (χ4n) is 2.04. The number of aryl methyl sites for hydroxylation is 1. The third kappa shape index (κ3) is 2.93. The lowest BCUT2D eigenvalue weighted by Crippen LogP contribution is -2.00. The van der Waals surface area contributed by atoms with Crippen LogP contribution in [0.2, 0.25) is 0 Å². The van der Waals surface area contributed by atoms with Gasteiger partial charge >= 0.3 is 0 Å². The highest BCUT2D eigenvalue weighted by molar-refractivity contribution is 5.76. The number of aromatic nitrogens is 2. The van der Waals surface area contributed by atoms with Crippen molar-refractivity contribution in [3.8, 4) is 11.1 Å². The van der Waals surface area contributed by atoms with Crippen molar-refractivity contribution in [3.63, 3.8) is 0 Å². The first-order chi connectivity index (χ1) is 9.13. The molecule has 1 aromatic carbocycles. The number of benzene rings is 1. The van der Waals surface area contributed by atoms with E-state index in [-0.39, 0.29) is 5.82 Å². The number of nitrogen functional groups attached to an aromatic ring is 1. The first kappa shape index (κ1) is 13.5. The molecule has 4 nitrogen and oxygen atoms in total. The van der Waals surface area contributed by atoms with Gasteiger partial charge in [-0.3, -0.25) is 4.68 Å². The number of halogens is 1. The van der Waals surface area contributed by atoms with Crippen molar-refractivity contribution in [2.24, 2.45) is 7.05 Å². The summed E-state index contributed by atoms with van der Waals surface area (Å²) in [7, 11) is 1.78. The summed E-state index contributed by atoms with van der Waals surface area (Å²) in [6, 6.07) is 6.39. The Labute approximate surface area is 112 Å². The number of nitrogens with zero attached hydrogens (tertiary/aromatic N) is 2. The van der Waals surface area contributed by atoms with Gasteiger partial charge in [-0.1, -0.05) is 12.1 Å². The molecule has 0 aliphatic rings. The van der Waals surface area contributed by atoms with E-state index in [0.717, 1.165) is 16.8 Å². The van der Waals surface area contributed by atoms with Crippen LogP contribution in [0.3, 0.4) is 0 Å². The Balaban J connectivity index is 2.37. The summed E-state index contributed by atoms with van der Waals surface area (Å²) < 4.78 is 20.3. The van der Waals surface area contributed by atoms with E-state index in [1.165, 1.54) is 12.1 Å². The fourth-order valence-corrected chi connectivity index (χ4v) is 2.04. The van der Waals surface area contributed by atoms with Crippen LogP contribution in [0.5, 0.6) is 0 Å². The normalized spacial score (nSPS) is 10.9. The van der Waals surface area contributed by atoms with Crippen LogP contribution in [0.25, 0.3) is 11.1 Å². The molecule has 0 radical (unpaired) electrons. The third-order valence-electron chi connectivity index (χ3n) is 2.96. The van der Waals surface area contributed by atoms with E-state index >= 15 is 0 Å². The maximum absolute atomic E-state index is 13.3. The zero-order valence-corrected chi connectivity index (χ0v) is 11.2. The summed E-state index contributed by atoms with van der Waals surface area (Å²) in [4.78, 5) is 0. The van der Waals surface area contributed by atoms with Crippen LogP contribution in [-0.2, 0) is 18.2 Å². The molecule has 0 aliphatic carbocycles. The molecule has 0 amide bonds. The Morgan fingerprint density at radius 3 is 2.89 bits per heavy atom. The third-order valence-corrected chi connectivity index (χ3v) is 2.96. The summed E-state index contributed by atoms with van der Waals surface area (Å²) in [5.41, 5.74) is 8.40. The predicted molar refractivity (Wildman–Crippen MR) is 73.2 cm³/mol. The zero-order valence-electron chi connectivity index (χ0n) is 11.2. The topological polar surface area (TPSA) is 53.1 Å². The van der Waals surface area contributed by atoms with Crippen LogP contribution in [0, 0.1) is 5.82 Å². The second kappa shape index (κ2) is 5.84. The van der Waals surface area contributed by atoms with Gasteiger partial charge in [0, 0.05) is 25.6 Å². The maximum Gasteiger partial charge on any atom is 0.129 e. The Bertz CT molecular complexity index is 566. The molecule has 1 aromatic heterocycles. The van der Waals surface area contributed by atoms with Crippen LogP contribution in [-0.4, -0.2) is 23.0 Å². The molecule has 0 unspecified atom stereocenters. The monoisotopic (exact) mass is 263 g/mol. The number of hydrogen-bond acceptors (Lipinski definition) is 3. The molecule has 5 heteroatoms. The molecule has 2 aromatic rings. The lowest BCUT2D eigenvalue weighted by atomic mass is 10.0. The van der Waals surface area contributed by atoms with Crippen LogP contribution in [0.1, 0.15) is 12.6 Å². The van der Waals surface area contributed by atoms with Gasteiger partial charge in [0.1, 0.15) is 11.6 Å². The lowest BCUT2D eigenvalue weighted by molar-refractivity contribution is 0.150. The molecule has 102 valence electrons. The van der Waals surface area contributed by atoms with Gasteiger partial charge in [-0.05, 0) is 24.6 Å². The van der Waals surface area contributed by atoms with Gasteiger partial charge in [0.05, 0.1) is 12.3 Å². The number of rotatable bonds is 5. The summed E-state index contributed by atoms with van der Waals surface area (Å²) in [5.74, 6) is 0.258. The van der Waals surface area contributed by atoms with E-state index in [2.05, 4.69) is 5.10 Å². The first-order valence-electron chi connectivity index (χ1n) is 6.28. The maximum atomic E-state index is 13.3. The molecule has 0 aliphatic heterocycles. The van der Waals surface area contributed by atoms with Crippen molar-refractivity contribution in [1.82, 2.24) is 9.78 Å². The van der Waals surface area contributed by atoms with Crippen molar-refractivity contribution < 1.29 is 9.13 Å². The van der Waals surface area contributed by atoms with E-state index in [4.69, 9.17) is 10.5 Å². The largest absolute Gasteiger partial charge is 0.383 e. The summed E-state index contributed by atoms with van der Waals surface area (Å²) >= 11 is 0. The summed E-state index contributed by atoms with van der Waals surface area (Å²) in [5, 5.41) is 4.38. The van der Waals surface area contributed by atoms with Crippen molar-refractivity contribution in [2.75, 3.05) is 18.9 Å². The predicted octanol–water partition coefficient (Wildman–Crippen LogP) is 2.39. The molecule has 0 spiro atoms. The number of anilines is 1. The molecule has 0 saturated heterocycles. The molecule has 2 N–H and O–H groups in total. The van der Waals surface area contributed by atoms with Crippen molar-refractivity contribution in [3.05, 3.63) is 35.8 Å². The quantitative estimate of drug-likeness (QED) is 0.843. The summed E-state index contributed by atoms with van der Waals surface area (Å²) in [6.45, 7) is 3.19. The molecule has 1 heterocycles. The molecule has 0 bridgehead atoms. The van der Waals surface area contributed by atoms with Crippen LogP contribution >= 0.6 is 0 Å². The summed E-state index contributed by atoms with van der Waals surface area (Å²) in [6.07, 6.45) is 0.657. The van der Waals surface area contributed by atoms with Gasteiger partial charge in [0.15, 0.2) is 0 Å². The molecule has 0 fully saturated rings. The average molecular weight is 263 g/mol. The Kier molecular flexibility index (Phi) is 4.16. The highest BCUT2D eigenvalue weighted by atomic mass is 19.1. The number of ether oxygens (including phenoxy) is 1. The number of hydrogen-bond donors (Lipinski definition) is 1. The highest BCUT2D eigenvalue weighted by Crippen LogP contribution is 2.30. The van der Waals surface area contributed by atoms with Gasteiger partial charge in [-0.15, -0.1) is 0 Å². The number of nitrogens with two attached hydrogens (primary N) is 1. The van der Waals surface area contributed by atoms with Gasteiger partial charge < -0.3 is 10.5 Å². The van der Waals surface area contributed by atoms with Gasteiger partial charge in [-0.25, -0.2) is 4.39 Å². The van der Waals surface area contributed by atoms with Crippen molar-refractivity contribution in [1.29, 1.82) is 0 Å². The zero-order chi connectivity index (χ0) is 13.8. The molecule has 0 atom stereocenters. The first-order valence-corrected chi connectivity index (χ1v) is 6.28. The SMILES string of the molecule is CCOCCc1nn(C)c(N)c1-c1cccc(F)c1. The van der Waals surface area contributed by atoms with Gasteiger partial charge in [0.2, 0.25) is 0 Å². The second-order valence-corrected chi connectivity index (χ2v) is 4.29. The molecule has 2 rings (SSSR count). The smallest absolute Gasteiger partial charge is 0.129 e. The second-order valence-electron chi connectivity index (χ2n) is 4.29. The van der Waals surface area contributed by atoms with E-state index in [1.54, 1.807) is 17.8 Å². The molecular weight excluding hydrogens is 245 g/mol. The van der Waals surface area contributed by atoms with E-state index in [9.17, 15) is 4.39 Å². The van der Waals surface area contributed by atoms with Crippen molar-refractivity contribution >= 4 is 5.82 Å². The van der Waals surface area contributed by atoms with Gasteiger partial charge in [-0.2, -0.15) is 5.10 Å². The minimum Gasteiger partial charge on any atom is -0.383 e. The van der Waals surface area contributed by atoms with Gasteiger partial charge in [0.25, 0.3) is 0 Å². The molecular formula is C14H18FN3O. The van der Waals surface area contributed by atoms with Crippen LogP contribution in [0.15, 0.2) is 24.3 Å². The Hall–Kier alpha value is -1.88. The minimum absolute atomic E-state index is 0.281. The fraction of sp³-hybridized carbons (Fsp3) is 0.357. The molecule has 0 saturated carbocycles. The lowest BCUT2D eigenvalue weighted by Gasteiger charge is -2.04. The minimum atomic E-state index is -0.281. The van der Waals surface area contributed by atoms with E-state index in [1.807, 2.05) is 13.0 Å². The Morgan fingerprint density at radius 2 is 2.21 bits per heavy atom.